The number of amides is 2. The van der Waals surface area contributed by atoms with Gasteiger partial charge in [-0.25, -0.2) is 8.42 Å². The second-order valence-electron chi connectivity index (χ2n) is 7.94. The molecule has 0 saturated heterocycles. The quantitative estimate of drug-likeness (QED) is 0.405. The van der Waals surface area contributed by atoms with E-state index in [0.29, 0.717) is 18.0 Å². The first-order valence-corrected chi connectivity index (χ1v) is 13.6. The van der Waals surface area contributed by atoms with Gasteiger partial charge < -0.3 is 15.0 Å². The zero-order valence-corrected chi connectivity index (χ0v) is 22.4. The highest BCUT2D eigenvalue weighted by Gasteiger charge is 2.30. The van der Waals surface area contributed by atoms with Crippen molar-refractivity contribution in [1.82, 2.24) is 10.2 Å². The Labute approximate surface area is 210 Å². The molecule has 0 radical (unpaired) electrons. The maximum atomic E-state index is 13.4. The molecule has 0 heterocycles. The Kier molecular flexibility index (Phi) is 10.4. The van der Waals surface area contributed by atoms with E-state index >= 15 is 0 Å². The number of nitrogens with zero attached hydrogens (tertiary/aromatic N) is 2. The number of sulfonamides is 1. The zero-order valence-electron chi connectivity index (χ0n) is 20.0. The highest BCUT2D eigenvalue weighted by atomic mass is 79.9. The molecule has 0 aliphatic carbocycles. The van der Waals surface area contributed by atoms with Gasteiger partial charge in [0.05, 0.1) is 19.1 Å². The van der Waals surface area contributed by atoms with Crippen LogP contribution < -0.4 is 14.4 Å². The fraction of sp³-hybridized carbons (Fsp3) is 0.417. The van der Waals surface area contributed by atoms with Gasteiger partial charge in [-0.2, -0.15) is 0 Å². The lowest BCUT2D eigenvalue weighted by atomic mass is 10.1. The summed E-state index contributed by atoms with van der Waals surface area (Å²) in [6.07, 6.45) is 2.81. The summed E-state index contributed by atoms with van der Waals surface area (Å²) >= 11 is 3.39. The first-order chi connectivity index (χ1) is 16.1. The molecule has 2 amide bonds. The fourth-order valence-electron chi connectivity index (χ4n) is 3.27. The van der Waals surface area contributed by atoms with Crippen LogP contribution in [0.15, 0.2) is 53.0 Å². The summed E-state index contributed by atoms with van der Waals surface area (Å²) in [5, 5.41) is 2.86. The van der Waals surface area contributed by atoms with E-state index in [1.807, 2.05) is 31.2 Å². The average Bonchev–Trinajstić information content (AvgIpc) is 2.81. The molecule has 0 unspecified atom stereocenters. The minimum Gasteiger partial charge on any atom is -0.497 e. The molecule has 0 aliphatic rings. The number of carbonyl (C=O) groups is 2. The van der Waals surface area contributed by atoms with Crippen molar-refractivity contribution in [3.05, 3.63) is 58.6 Å². The van der Waals surface area contributed by atoms with Gasteiger partial charge >= 0.3 is 0 Å². The van der Waals surface area contributed by atoms with Crippen molar-refractivity contribution < 1.29 is 22.7 Å². The Morgan fingerprint density at radius 3 is 2.24 bits per heavy atom. The fourth-order valence-corrected chi connectivity index (χ4v) is 4.38. The van der Waals surface area contributed by atoms with Gasteiger partial charge in [0.15, 0.2) is 0 Å². The van der Waals surface area contributed by atoms with Gasteiger partial charge in [-0.3, -0.25) is 13.9 Å². The lowest BCUT2D eigenvalue weighted by Crippen LogP contribution is -2.51. The molecular formula is C24H32BrN3O5S. The van der Waals surface area contributed by atoms with E-state index < -0.39 is 28.5 Å². The number of nitrogens with one attached hydrogen (secondary N) is 1. The monoisotopic (exact) mass is 553 g/mol. The lowest BCUT2D eigenvalue weighted by molar-refractivity contribution is -0.139. The SMILES string of the molecule is CCCCNC(=O)[C@H](C)N(Cc1ccc(Br)cc1)C(=O)CN(c1ccc(OC)cc1)S(C)(=O)=O. The van der Waals surface area contributed by atoms with Crippen LogP contribution >= 0.6 is 15.9 Å². The maximum Gasteiger partial charge on any atom is 0.244 e. The molecule has 1 atom stereocenters. The van der Waals surface area contributed by atoms with Crippen LogP contribution in [0.2, 0.25) is 0 Å². The summed E-state index contributed by atoms with van der Waals surface area (Å²) < 4.78 is 32.2. The number of anilines is 1. The topological polar surface area (TPSA) is 96.0 Å². The molecule has 2 aromatic rings. The van der Waals surface area contributed by atoms with Crippen LogP contribution in [0.25, 0.3) is 0 Å². The number of carbonyl (C=O) groups excluding carboxylic acids is 2. The van der Waals surface area contributed by atoms with Crippen LogP contribution in [-0.4, -0.2) is 57.6 Å². The Bertz CT molecular complexity index is 1060. The smallest absolute Gasteiger partial charge is 0.244 e. The highest BCUT2D eigenvalue weighted by molar-refractivity contribution is 9.10. The lowest BCUT2D eigenvalue weighted by Gasteiger charge is -2.31. The molecule has 0 fully saturated rings. The van der Waals surface area contributed by atoms with Crippen LogP contribution in [0, 0.1) is 0 Å². The number of halogens is 1. The Morgan fingerprint density at radius 1 is 1.09 bits per heavy atom. The molecule has 10 heteroatoms. The van der Waals surface area contributed by atoms with Crippen LogP contribution in [0.1, 0.15) is 32.3 Å². The van der Waals surface area contributed by atoms with E-state index in [2.05, 4.69) is 21.2 Å². The predicted molar refractivity (Wildman–Crippen MR) is 137 cm³/mol. The number of hydrogen-bond acceptors (Lipinski definition) is 5. The van der Waals surface area contributed by atoms with Crippen LogP contribution in [0.5, 0.6) is 5.75 Å². The molecule has 0 aromatic heterocycles. The number of rotatable bonds is 12. The van der Waals surface area contributed by atoms with E-state index in [4.69, 9.17) is 4.74 Å². The second kappa shape index (κ2) is 12.8. The van der Waals surface area contributed by atoms with Crippen molar-refractivity contribution in [2.24, 2.45) is 0 Å². The van der Waals surface area contributed by atoms with Gasteiger partial charge in [0.1, 0.15) is 18.3 Å². The molecule has 34 heavy (non-hydrogen) atoms. The molecule has 0 aliphatic heterocycles. The highest BCUT2D eigenvalue weighted by Crippen LogP contribution is 2.22. The van der Waals surface area contributed by atoms with Crippen molar-refractivity contribution in [1.29, 1.82) is 0 Å². The molecule has 186 valence electrons. The third kappa shape index (κ3) is 8.02. The Hall–Kier alpha value is -2.59. The number of unbranched alkanes of at least 4 members (excludes halogenated alkanes) is 1. The van der Waals surface area contributed by atoms with E-state index in [1.165, 1.54) is 12.0 Å². The first-order valence-electron chi connectivity index (χ1n) is 11.0. The standard InChI is InChI=1S/C24H32BrN3O5S/c1-5-6-15-26-24(30)18(2)27(16-19-7-9-20(25)10-8-19)23(29)17-28(34(4,31)32)21-11-13-22(33-3)14-12-21/h7-14,18H,5-6,15-17H2,1-4H3,(H,26,30)/t18-/m0/s1. The van der Waals surface area contributed by atoms with Gasteiger partial charge in [0, 0.05) is 17.6 Å². The van der Waals surface area contributed by atoms with E-state index in [9.17, 15) is 18.0 Å². The summed E-state index contributed by atoms with van der Waals surface area (Å²) in [6, 6.07) is 13.0. The van der Waals surface area contributed by atoms with Gasteiger partial charge in [0.25, 0.3) is 0 Å². The summed E-state index contributed by atoms with van der Waals surface area (Å²) in [7, 11) is -2.26. The zero-order chi connectivity index (χ0) is 25.3. The van der Waals surface area contributed by atoms with Crippen molar-refractivity contribution >= 4 is 43.5 Å². The molecule has 8 nitrogen and oxygen atoms in total. The van der Waals surface area contributed by atoms with Gasteiger partial charge in [-0.1, -0.05) is 41.4 Å². The van der Waals surface area contributed by atoms with Crippen LogP contribution in [0.4, 0.5) is 5.69 Å². The summed E-state index contributed by atoms with van der Waals surface area (Å²) in [5.41, 5.74) is 1.15. The molecular weight excluding hydrogens is 522 g/mol. The molecule has 2 rings (SSSR count). The Balaban J connectivity index is 2.32. The number of ether oxygens (including phenoxy) is 1. The number of methoxy groups -OCH3 is 1. The second-order valence-corrected chi connectivity index (χ2v) is 10.8. The van der Waals surface area contributed by atoms with Crippen molar-refractivity contribution in [3.63, 3.8) is 0 Å². The Morgan fingerprint density at radius 2 is 1.71 bits per heavy atom. The molecule has 0 bridgehead atoms. The normalized spacial score (nSPS) is 12.0. The summed E-state index contributed by atoms with van der Waals surface area (Å²) in [4.78, 5) is 27.6. The van der Waals surface area contributed by atoms with Gasteiger partial charge in [0.2, 0.25) is 21.8 Å². The summed E-state index contributed by atoms with van der Waals surface area (Å²) in [6.45, 7) is 3.92. The largest absolute Gasteiger partial charge is 0.497 e. The first kappa shape index (κ1) is 27.7. The third-order valence-corrected chi connectivity index (χ3v) is 6.97. The summed E-state index contributed by atoms with van der Waals surface area (Å²) in [5.74, 6) is -0.200. The third-order valence-electron chi connectivity index (χ3n) is 5.30. The van der Waals surface area contributed by atoms with Crippen molar-refractivity contribution in [2.75, 3.05) is 30.8 Å². The minimum absolute atomic E-state index is 0.161. The molecule has 1 N–H and O–H groups in total. The van der Waals surface area contributed by atoms with Gasteiger partial charge in [-0.05, 0) is 55.3 Å². The van der Waals surface area contributed by atoms with E-state index in [-0.39, 0.29) is 12.5 Å². The van der Waals surface area contributed by atoms with Crippen LogP contribution in [0.3, 0.4) is 0 Å². The number of hydrogen-bond donors (Lipinski definition) is 1. The molecule has 0 spiro atoms. The van der Waals surface area contributed by atoms with E-state index in [0.717, 1.165) is 33.4 Å². The van der Waals surface area contributed by atoms with Crippen molar-refractivity contribution in [2.45, 2.75) is 39.3 Å². The van der Waals surface area contributed by atoms with Crippen molar-refractivity contribution in [3.8, 4) is 5.75 Å². The molecule has 0 saturated carbocycles. The molecule has 2 aromatic carbocycles. The minimum atomic E-state index is -3.77. The van der Waals surface area contributed by atoms with Crippen LogP contribution in [-0.2, 0) is 26.2 Å². The number of benzene rings is 2. The predicted octanol–water partition coefficient (Wildman–Crippen LogP) is 3.56. The van der Waals surface area contributed by atoms with E-state index in [1.54, 1.807) is 31.2 Å². The maximum absolute atomic E-state index is 13.4. The average molecular weight is 555 g/mol. The van der Waals surface area contributed by atoms with Gasteiger partial charge in [-0.15, -0.1) is 0 Å².